The van der Waals surface area contributed by atoms with Crippen LogP contribution < -0.4 is 5.32 Å². The van der Waals surface area contributed by atoms with Gasteiger partial charge in [-0.25, -0.2) is 12.8 Å². The lowest BCUT2D eigenvalue weighted by atomic mass is 10.2. The van der Waals surface area contributed by atoms with Gasteiger partial charge >= 0.3 is 0 Å². The van der Waals surface area contributed by atoms with E-state index in [0.29, 0.717) is 12.1 Å². The van der Waals surface area contributed by atoms with Crippen LogP contribution in [0, 0.1) is 12.7 Å². The van der Waals surface area contributed by atoms with Crippen LogP contribution >= 0.6 is 0 Å². The molecule has 1 aliphatic heterocycles. The van der Waals surface area contributed by atoms with Crippen LogP contribution in [-0.4, -0.2) is 38.9 Å². The van der Waals surface area contributed by atoms with Crippen molar-refractivity contribution >= 4 is 10.0 Å². The zero-order valence-electron chi connectivity index (χ0n) is 11.2. The molecule has 1 atom stereocenters. The van der Waals surface area contributed by atoms with Crippen LogP contribution in [0.2, 0.25) is 0 Å². The molecular formula is C13H19FN2O2S. The van der Waals surface area contributed by atoms with Crippen molar-refractivity contribution in [3.63, 3.8) is 0 Å². The Bertz CT molecular complexity index is 554. The Morgan fingerprint density at radius 2 is 2.21 bits per heavy atom. The maximum atomic E-state index is 13.0. The van der Waals surface area contributed by atoms with Crippen molar-refractivity contribution in [1.29, 1.82) is 0 Å². The minimum Gasteiger partial charge on any atom is -0.313 e. The number of likely N-dealkylation sites (N-methyl/N-ethyl adjacent to an activating group) is 1. The third-order valence-electron chi connectivity index (χ3n) is 3.47. The number of benzene rings is 1. The average molecular weight is 286 g/mol. The molecule has 0 aliphatic carbocycles. The molecule has 0 saturated carbocycles. The highest BCUT2D eigenvalue weighted by Crippen LogP contribution is 2.20. The molecule has 0 amide bonds. The highest BCUT2D eigenvalue weighted by molar-refractivity contribution is 7.89. The lowest BCUT2D eigenvalue weighted by Gasteiger charge is -2.22. The number of hydrogen-bond donors (Lipinski definition) is 1. The van der Waals surface area contributed by atoms with E-state index in [1.165, 1.54) is 22.5 Å². The maximum absolute atomic E-state index is 13.0. The van der Waals surface area contributed by atoms with Crippen molar-refractivity contribution in [2.75, 3.05) is 20.1 Å². The average Bonchev–Trinajstić information content (AvgIpc) is 2.81. The van der Waals surface area contributed by atoms with Crippen molar-refractivity contribution in [1.82, 2.24) is 9.62 Å². The molecule has 1 aliphatic rings. The zero-order valence-corrected chi connectivity index (χ0v) is 12.0. The Balaban J connectivity index is 2.20. The summed E-state index contributed by atoms with van der Waals surface area (Å²) in [6.07, 6.45) is 2.07. The third-order valence-corrected chi connectivity index (χ3v) is 5.45. The van der Waals surface area contributed by atoms with Crippen LogP contribution in [0.4, 0.5) is 4.39 Å². The van der Waals surface area contributed by atoms with Crippen molar-refractivity contribution in [2.24, 2.45) is 0 Å². The molecule has 1 N–H and O–H groups in total. The van der Waals surface area contributed by atoms with Crippen LogP contribution in [-0.2, 0) is 10.0 Å². The molecule has 1 unspecified atom stereocenters. The quantitative estimate of drug-likeness (QED) is 0.912. The second-order valence-corrected chi connectivity index (χ2v) is 7.00. The van der Waals surface area contributed by atoms with Gasteiger partial charge in [0, 0.05) is 19.6 Å². The SMILES string of the molecule is Cc1cc(F)ccc1S(=O)(=O)N(C)CC1CCCN1. The van der Waals surface area contributed by atoms with Gasteiger partial charge in [0.25, 0.3) is 0 Å². The number of rotatable bonds is 4. The molecule has 0 radical (unpaired) electrons. The molecule has 6 heteroatoms. The summed E-state index contributed by atoms with van der Waals surface area (Å²) in [5.41, 5.74) is 0.436. The normalized spacial score (nSPS) is 20.1. The topological polar surface area (TPSA) is 49.4 Å². The standard InChI is InChI=1S/C13H19FN2O2S/c1-10-8-11(14)5-6-13(10)19(17,18)16(2)9-12-4-3-7-15-12/h5-6,8,12,15H,3-4,7,9H2,1-2H3. The molecule has 4 nitrogen and oxygen atoms in total. The molecule has 0 spiro atoms. The Labute approximate surface area is 113 Å². The molecule has 1 saturated heterocycles. The van der Waals surface area contributed by atoms with E-state index in [-0.39, 0.29) is 10.9 Å². The Hall–Kier alpha value is -0.980. The van der Waals surface area contributed by atoms with Crippen LogP contribution in [0.5, 0.6) is 0 Å². The minimum absolute atomic E-state index is 0.175. The van der Waals surface area contributed by atoms with E-state index in [1.807, 2.05) is 0 Å². The highest BCUT2D eigenvalue weighted by atomic mass is 32.2. The molecule has 1 fully saturated rings. The lowest BCUT2D eigenvalue weighted by molar-refractivity contribution is 0.417. The van der Waals surface area contributed by atoms with Gasteiger partial charge in [0.15, 0.2) is 0 Å². The summed E-state index contributed by atoms with van der Waals surface area (Å²) in [5, 5.41) is 3.27. The van der Waals surface area contributed by atoms with Gasteiger partial charge in [-0.1, -0.05) is 0 Å². The summed E-state index contributed by atoms with van der Waals surface area (Å²) in [4.78, 5) is 0.175. The maximum Gasteiger partial charge on any atom is 0.243 e. The molecule has 106 valence electrons. The number of sulfonamides is 1. The summed E-state index contributed by atoms with van der Waals surface area (Å²) < 4.78 is 39.2. The van der Waals surface area contributed by atoms with E-state index in [9.17, 15) is 12.8 Å². The fourth-order valence-electron chi connectivity index (χ4n) is 2.39. The highest BCUT2D eigenvalue weighted by Gasteiger charge is 2.26. The lowest BCUT2D eigenvalue weighted by Crippen LogP contribution is -2.38. The van der Waals surface area contributed by atoms with E-state index in [0.717, 1.165) is 19.4 Å². The van der Waals surface area contributed by atoms with Crippen molar-refractivity contribution in [3.8, 4) is 0 Å². The van der Waals surface area contributed by atoms with Gasteiger partial charge in [-0.2, -0.15) is 4.31 Å². The summed E-state index contributed by atoms with van der Waals surface area (Å²) >= 11 is 0. The largest absolute Gasteiger partial charge is 0.313 e. The summed E-state index contributed by atoms with van der Waals surface area (Å²) in [6, 6.07) is 3.97. The van der Waals surface area contributed by atoms with Crippen molar-refractivity contribution < 1.29 is 12.8 Å². The number of nitrogens with one attached hydrogen (secondary N) is 1. The zero-order chi connectivity index (χ0) is 14.0. The smallest absolute Gasteiger partial charge is 0.243 e. The first-order valence-electron chi connectivity index (χ1n) is 6.37. The summed E-state index contributed by atoms with van der Waals surface area (Å²) in [6.45, 7) is 2.99. The Morgan fingerprint density at radius 3 is 2.79 bits per heavy atom. The van der Waals surface area contributed by atoms with Gasteiger partial charge < -0.3 is 5.32 Å². The third kappa shape index (κ3) is 3.13. The fourth-order valence-corrected chi connectivity index (χ4v) is 3.81. The summed E-state index contributed by atoms with van der Waals surface area (Å²) in [7, 11) is -1.98. The number of hydrogen-bond acceptors (Lipinski definition) is 3. The van der Waals surface area contributed by atoms with Crippen LogP contribution in [0.3, 0.4) is 0 Å². The summed E-state index contributed by atoms with van der Waals surface area (Å²) in [5.74, 6) is -0.420. The van der Waals surface area contributed by atoms with Gasteiger partial charge in [-0.05, 0) is 50.1 Å². The second-order valence-electron chi connectivity index (χ2n) is 4.99. The first kappa shape index (κ1) is 14.4. The van der Waals surface area contributed by atoms with Crippen LogP contribution in [0.1, 0.15) is 18.4 Å². The van der Waals surface area contributed by atoms with E-state index in [4.69, 9.17) is 0 Å². The van der Waals surface area contributed by atoms with Gasteiger partial charge in [-0.3, -0.25) is 0 Å². The van der Waals surface area contributed by atoms with Crippen molar-refractivity contribution in [2.45, 2.75) is 30.7 Å². The molecule has 0 aromatic heterocycles. The predicted molar refractivity (Wildman–Crippen MR) is 72.0 cm³/mol. The Kier molecular flexibility index (Phi) is 4.23. The van der Waals surface area contributed by atoms with Crippen LogP contribution in [0.15, 0.2) is 23.1 Å². The Morgan fingerprint density at radius 1 is 1.47 bits per heavy atom. The van der Waals surface area contributed by atoms with Gasteiger partial charge in [0.2, 0.25) is 10.0 Å². The molecule has 0 bridgehead atoms. The van der Waals surface area contributed by atoms with Gasteiger partial charge in [0.1, 0.15) is 5.82 Å². The van der Waals surface area contributed by atoms with E-state index in [1.54, 1.807) is 14.0 Å². The van der Waals surface area contributed by atoms with Gasteiger partial charge in [0.05, 0.1) is 4.90 Å². The van der Waals surface area contributed by atoms with E-state index >= 15 is 0 Å². The molecule has 1 aromatic rings. The molecule has 2 rings (SSSR count). The number of aryl methyl sites for hydroxylation is 1. The monoisotopic (exact) mass is 286 g/mol. The van der Waals surface area contributed by atoms with Crippen molar-refractivity contribution in [3.05, 3.63) is 29.6 Å². The fraction of sp³-hybridized carbons (Fsp3) is 0.538. The van der Waals surface area contributed by atoms with Gasteiger partial charge in [-0.15, -0.1) is 0 Å². The number of halogens is 1. The van der Waals surface area contributed by atoms with E-state index < -0.39 is 15.8 Å². The van der Waals surface area contributed by atoms with E-state index in [2.05, 4.69) is 5.32 Å². The molecular weight excluding hydrogens is 267 g/mol. The first-order chi connectivity index (χ1) is 8.91. The minimum atomic E-state index is -3.55. The van der Waals surface area contributed by atoms with Crippen LogP contribution in [0.25, 0.3) is 0 Å². The molecule has 1 aromatic carbocycles. The predicted octanol–water partition coefficient (Wildman–Crippen LogP) is 1.51. The second kappa shape index (κ2) is 5.56. The molecule has 1 heterocycles. The number of nitrogens with zero attached hydrogens (tertiary/aromatic N) is 1. The molecule has 19 heavy (non-hydrogen) atoms. The first-order valence-corrected chi connectivity index (χ1v) is 7.81.